The minimum atomic E-state index is -1.14. The van der Waals surface area contributed by atoms with Gasteiger partial charge in [-0.1, -0.05) is 29.3 Å². The zero-order valence-corrected chi connectivity index (χ0v) is 18.3. The highest BCUT2D eigenvalue weighted by atomic mass is 35.5. The van der Waals surface area contributed by atoms with E-state index in [2.05, 4.69) is 5.32 Å². The quantitative estimate of drug-likeness (QED) is 0.312. The summed E-state index contributed by atoms with van der Waals surface area (Å²) in [6.45, 7) is 0. The first kappa shape index (κ1) is 21.8. The Kier molecular flexibility index (Phi) is 5.84. The van der Waals surface area contributed by atoms with Crippen LogP contribution in [0.1, 0.15) is 16.1 Å². The number of benzene rings is 2. The maximum Gasteiger partial charge on any atom is 0.337 e. The fourth-order valence-electron chi connectivity index (χ4n) is 3.05. The first-order valence-corrected chi connectivity index (χ1v) is 10.2. The number of thiocarbonyl (C=S) groups is 1. The molecule has 1 aliphatic rings. The van der Waals surface area contributed by atoms with Crippen molar-refractivity contribution in [2.75, 3.05) is 4.90 Å². The van der Waals surface area contributed by atoms with Crippen molar-refractivity contribution in [1.82, 2.24) is 5.32 Å². The monoisotopic (exact) mass is 486 g/mol. The maximum atomic E-state index is 13.0. The Labute approximate surface area is 196 Å². The summed E-state index contributed by atoms with van der Waals surface area (Å²) >= 11 is 17.1. The van der Waals surface area contributed by atoms with Gasteiger partial charge in [-0.25, -0.2) is 4.79 Å². The molecule has 2 N–H and O–H groups in total. The van der Waals surface area contributed by atoms with Crippen molar-refractivity contribution in [2.45, 2.75) is 0 Å². The lowest BCUT2D eigenvalue weighted by Gasteiger charge is -2.28. The smallest absolute Gasteiger partial charge is 0.337 e. The van der Waals surface area contributed by atoms with Crippen molar-refractivity contribution < 1.29 is 23.9 Å². The molecule has 2 aromatic carbocycles. The summed E-state index contributed by atoms with van der Waals surface area (Å²) in [6.07, 6.45) is 1.30. The second-order valence-corrected chi connectivity index (χ2v) is 7.87. The minimum Gasteiger partial charge on any atom is -0.478 e. The molecule has 0 spiro atoms. The van der Waals surface area contributed by atoms with Crippen LogP contribution in [0.4, 0.5) is 5.69 Å². The van der Waals surface area contributed by atoms with Crippen LogP contribution in [0.5, 0.6) is 0 Å². The number of carbonyl (C=O) groups is 3. The van der Waals surface area contributed by atoms with Gasteiger partial charge in [-0.2, -0.15) is 0 Å². The molecule has 2 amide bonds. The predicted molar refractivity (Wildman–Crippen MR) is 124 cm³/mol. The minimum absolute atomic E-state index is 0.0351. The molecule has 1 saturated heterocycles. The molecular formula is C22H12Cl2N2O5S. The average molecular weight is 487 g/mol. The molecule has 1 aromatic heterocycles. The van der Waals surface area contributed by atoms with E-state index in [1.165, 1.54) is 23.1 Å². The summed E-state index contributed by atoms with van der Waals surface area (Å²) in [4.78, 5) is 37.8. The molecule has 0 aliphatic carbocycles. The van der Waals surface area contributed by atoms with E-state index in [9.17, 15) is 14.4 Å². The maximum absolute atomic E-state index is 13.0. The summed E-state index contributed by atoms with van der Waals surface area (Å²) in [6, 6.07) is 14.0. The fraction of sp³-hybridized carbons (Fsp3) is 0. The number of rotatable bonds is 4. The molecule has 0 saturated carbocycles. The van der Waals surface area contributed by atoms with E-state index in [4.69, 9.17) is 44.9 Å². The number of furan rings is 1. The van der Waals surface area contributed by atoms with Gasteiger partial charge in [0.1, 0.15) is 17.1 Å². The number of carboxylic acid groups (broad SMARTS) is 1. The summed E-state index contributed by atoms with van der Waals surface area (Å²) in [5, 5.41) is 12.1. The Morgan fingerprint density at radius 2 is 1.78 bits per heavy atom. The standard InChI is InChI=1S/C22H12Cl2N2O5S/c23-12-2-4-13(5-3-12)26-20(28)16(19(27)25-22(26)32)10-14-6-8-18(31-14)11-1-7-15(21(29)30)17(24)9-11/h1-10H,(H,29,30)(H,25,27,32). The van der Waals surface area contributed by atoms with Crippen LogP contribution in [-0.2, 0) is 9.59 Å². The molecule has 10 heteroatoms. The lowest BCUT2D eigenvalue weighted by molar-refractivity contribution is -0.122. The number of hydrogen-bond acceptors (Lipinski definition) is 5. The first-order valence-electron chi connectivity index (χ1n) is 9.04. The molecule has 0 bridgehead atoms. The third-order valence-electron chi connectivity index (χ3n) is 4.58. The Balaban J connectivity index is 1.65. The van der Waals surface area contributed by atoms with E-state index < -0.39 is 17.8 Å². The van der Waals surface area contributed by atoms with Crippen molar-refractivity contribution in [1.29, 1.82) is 0 Å². The Hall–Kier alpha value is -3.46. The van der Waals surface area contributed by atoms with Crippen molar-refractivity contribution >= 4 is 70.1 Å². The van der Waals surface area contributed by atoms with E-state index in [0.717, 1.165) is 0 Å². The molecule has 2 heterocycles. The molecule has 32 heavy (non-hydrogen) atoms. The van der Waals surface area contributed by atoms with Gasteiger partial charge in [0.05, 0.1) is 16.3 Å². The second kappa shape index (κ2) is 8.58. The third kappa shape index (κ3) is 4.16. The molecule has 160 valence electrons. The summed E-state index contributed by atoms with van der Waals surface area (Å²) in [7, 11) is 0. The van der Waals surface area contributed by atoms with Crippen LogP contribution < -0.4 is 10.2 Å². The van der Waals surface area contributed by atoms with Crippen molar-refractivity contribution in [3.8, 4) is 11.3 Å². The predicted octanol–water partition coefficient (Wildman–Crippen LogP) is 4.78. The van der Waals surface area contributed by atoms with Gasteiger partial charge in [0.25, 0.3) is 11.8 Å². The fourth-order valence-corrected chi connectivity index (χ4v) is 3.72. The van der Waals surface area contributed by atoms with Crippen molar-refractivity contribution in [2.24, 2.45) is 0 Å². The molecule has 4 rings (SSSR count). The lowest BCUT2D eigenvalue weighted by atomic mass is 10.1. The molecule has 3 aromatic rings. The zero-order chi connectivity index (χ0) is 23.0. The van der Waals surface area contributed by atoms with Crippen molar-refractivity contribution in [3.63, 3.8) is 0 Å². The average Bonchev–Trinajstić information content (AvgIpc) is 3.21. The van der Waals surface area contributed by atoms with Crippen LogP contribution in [0.25, 0.3) is 17.4 Å². The first-order chi connectivity index (χ1) is 15.2. The van der Waals surface area contributed by atoms with Crippen molar-refractivity contribution in [3.05, 3.63) is 81.5 Å². The summed E-state index contributed by atoms with van der Waals surface area (Å²) in [5.74, 6) is -1.80. The Bertz CT molecular complexity index is 1310. The lowest BCUT2D eigenvalue weighted by Crippen LogP contribution is -2.54. The van der Waals surface area contributed by atoms with Gasteiger partial charge in [-0.3, -0.25) is 19.8 Å². The van der Waals surface area contributed by atoms with Crippen LogP contribution in [0.2, 0.25) is 10.0 Å². The van der Waals surface area contributed by atoms with Gasteiger partial charge in [0, 0.05) is 10.6 Å². The number of carbonyl (C=O) groups excluding carboxylic acids is 2. The highest BCUT2D eigenvalue weighted by molar-refractivity contribution is 7.80. The van der Waals surface area contributed by atoms with Gasteiger partial charge in [0.15, 0.2) is 5.11 Å². The number of halogens is 2. The highest BCUT2D eigenvalue weighted by Crippen LogP contribution is 2.29. The third-order valence-corrected chi connectivity index (χ3v) is 5.43. The molecule has 0 radical (unpaired) electrons. The second-order valence-electron chi connectivity index (χ2n) is 6.64. The van der Waals surface area contributed by atoms with E-state index in [1.54, 1.807) is 42.5 Å². The highest BCUT2D eigenvalue weighted by Gasteiger charge is 2.34. The number of hydrogen-bond donors (Lipinski definition) is 2. The number of aromatic carboxylic acids is 1. The number of anilines is 1. The zero-order valence-electron chi connectivity index (χ0n) is 16.0. The molecular weight excluding hydrogens is 475 g/mol. The van der Waals surface area contributed by atoms with E-state index in [1.807, 2.05) is 0 Å². The van der Waals surface area contributed by atoms with Crippen LogP contribution in [0.15, 0.2) is 64.6 Å². The molecule has 0 atom stereocenters. The normalized spacial score (nSPS) is 15.2. The van der Waals surface area contributed by atoms with Gasteiger partial charge in [0.2, 0.25) is 0 Å². The van der Waals surface area contributed by atoms with Gasteiger partial charge >= 0.3 is 5.97 Å². The Morgan fingerprint density at radius 3 is 2.44 bits per heavy atom. The molecule has 7 nitrogen and oxygen atoms in total. The van der Waals surface area contributed by atoms with E-state index in [-0.39, 0.29) is 27.0 Å². The number of carboxylic acids is 1. The van der Waals surface area contributed by atoms with Crippen LogP contribution >= 0.6 is 35.4 Å². The summed E-state index contributed by atoms with van der Waals surface area (Å²) in [5.41, 5.74) is 0.775. The topological polar surface area (TPSA) is 99.9 Å². The molecule has 1 aliphatic heterocycles. The Morgan fingerprint density at radius 1 is 1.06 bits per heavy atom. The van der Waals surface area contributed by atoms with Crippen LogP contribution in [0.3, 0.4) is 0 Å². The number of amides is 2. The summed E-state index contributed by atoms with van der Waals surface area (Å²) < 4.78 is 5.72. The largest absolute Gasteiger partial charge is 0.478 e. The van der Waals surface area contributed by atoms with Gasteiger partial charge < -0.3 is 9.52 Å². The van der Waals surface area contributed by atoms with Crippen LogP contribution in [-0.4, -0.2) is 28.0 Å². The SMILES string of the molecule is O=C1NC(=S)N(c2ccc(Cl)cc2)C(=O)C1=Cc1ccc(-c2ccc(C(=O)O)c(Cl)c2)o1. The van der Waals surface area contributed by atoms with Crippen LogP contribution in [0, 0.1) is 0 Å². The van der Waals surface area contributed by atoms with E-state index >= 15 is 0 Å². The number of nitrogens with zero attached hydrogens (tertiary/aromatic N) is 1. The van der Waals surface area contributed by atoms with E-state index in [0.29, 0.717) is 22.0 Å². The number of nitrogens with one attached hydrogen (secondary N) is 1. The van der Waals surface area contributed by atoms with Gasteiger partial charge in [-0.15, -0.1) is 0 Å². The van der Waals surface area contributed by atoms with Gasteiger partial charge in [-0.05, 0) is 66.8 Å². The molecule has 0 unspecified atom stereocenters. The molecule has 1 fully saturated rings.